The van der Waals surface area contributed by atoms with Crippen molar-refractivity contribution in [3.8, 4) is 0 Å². The van der Waals surface area contributed by atoms with Gasteiger partial charge in [-0.15, -0.1) is 0 Å². The molecule has 1 heterocycles. The molecule has 19 heavy (non-hydrogen) atoms. The zero-order chi connectivity index (χ0) is 14.2. The normalized spacial score (nSPS) is 13.4. The van der Waals surface area contributed by atoms with Gasteiger partial charge < -0.3 is 10.3 Å². The van der Waals surface area contributed by atoms with E-state index in [2.05, 4.69) is 30.3 Å². The SMILES string of the molecule is CC(C)Cc1nc2cc(Cl)c(Cl)cc2n1C(C)CN. The zero-order valence-electron chi connectivity index (χ0n) is 11.5. The average molecular weight is 300 g/mol. The number of hydrogen-bond donors (Lipinski definition) is 1. The van der Waals surface area contributed by atoms with E-state index in [0.29, 0.717) is 22.5 Å². The van der Waals surface area contributed by atoms with E-state index in [-0.39, 0.29) is 6.04 Å². The van der Waals surface area contributed by atoms with E-state index in [1.165, 1.54) is 0 Å². The van der Waals surface area contributed by atoms with E-state index < -0.39 is 0 Å². The van der Waals surface area contributed by atoms with Crippen molar-refractivity contribution in [1.29, 1.82) is 0 Å². The third-order valence-electron chi connectivity index (χ3n) is 3.18. The number of nitrogens with two attached hydrogens (primary N) is 1. The van der Waals surface area contributed by atoms with E-state index in [1.807, 2.05) is 12.1 Å². The lowest BCUT2D eigenvalue weighted by Gasteiger charge is -2.16. The summed E-state index contributed by atoms with van der Waals surface area (Å²) in [6.45, 7) is 7.01. The molecule has 2 N–H and O–H groups in total. The van der Waals surface area contributed by atoms with Crippen LogP contribution in [-0.2, 0) is 6.42 Å². The highest BCUT2D eigenvalue weighted by Crippen LogP contribution is 2.30. The van der Waals surface area contributed by atoms with Crippen LogP contribution in [0.5, 0.6) is 0 Å². The second-order valence-corrected chi connectivity index (χ2v) is 6.15. The van der Waals surface area contributed by atoms with Gasteiger partial charge in [0.1, 0.15) is 5.82 Å². The maximum Gasteiger partial charge on any atom is 0.110 e. The lowest BCUT2D eigenvalue weighted by molar-refractivity contribution is 0.517. The van der Waals surface area contributed by atoms with Crippen LogP contribution in [0.25, 0.3) is 11.0 Å². The molecular formula is C14H19Cl2N3. The van der Waals surface area contributed by atoms with Gasteiger partial charge in [-0.05, 0) is 25.0 Å². The van der Waals surface area contributed by atoms with Gasteiger partial charge in [0.2, 0.25) is 0 Å². The summed E-state index contributed by atoms with van der Waals surface area (Å²) < 4.78 is 2.18. The minimum atomic E-state index is 0.191. The van der Waals surface area contributed by atoms with Gasteiger partial charge >= 0.3 is 0 Å². The number of imidazole rings is 1. The molecule has 104 valence electrons. The lowest BCUT2D eigenvalue weighted by atomic mass is 10.1. The number of hydrogen-bond acceptors (Lipinski definition) is 2. The van der Waals surface area contributed by atoms with Crippen LogP contribution in [0.1, 0.15) is 32.6 Å². The maximum atomic E-state index is 6.12. The number of rotatable bonds is 4. The Balaban J connectivity index is 2.66. The molecule has 1 aromatic heterocycles. The number of nitrogens with zero attached hydrogens (tertiary/aromatic N) is 2. The van der Waals surface area contributed by atoms with Crippen molar-refractivity contribution in [1.82, 2.24) is 9.55 Å². The minimum Gasteiger partial charge on any atom is -0.328 e. The fourth-order valence-corrected chi connectivity index (χ4v) is 2.56. The maximum absolute atomic E-state index is 6.12. The van der Waals surface area contributed by atoms with Gasteiger partial charge in [0.15, 0.2) is 0 Å². The van der Waals surface area contributed by atoms with Crippen LogP contribution in [0.15, 0.2) is 12.1 Å². The summed E-state index contributed by atoms with van der Waals surface area (Å²) >= 11 is 12.2. The first kappa shape index (κ1) is 14.6. The Morgan fingerprint density at radius 2 is 1.84 bits per heavy atom. The van der Waals surface area contributed by atoms with Crippen LogP contribution in [0.2, 0.25) is 10.0 Å². The molecule has 5 heteroatoms. The molecule has 0 spiro atoms. The van der Waals surface area contributed by atoms with Gasteiger partial charge in [0, 0.05) is 19.0 Å². The Hall–Kier alpha value is -0.770. The first-order valence-corrected chi connectivity index (χ1v) is 7.25. The molecule has 1 unspecified atom stereocenters. The molecule has 0 amide bonds. The predicted molar refractivity (Wildman–Crippen MR) is 82.1 cm³/mol. The van der Waals surface area contributed by atoms with Crippen molar-refractivity contribution < 1.29 is 0 Å². The molecular weight excluding hydrogens is 281 g/mol. The average Bonchev–Trinajstić information content (AvgIpc) is 2.65. The zero-order valence-corrected chi connectivity index (χ0v) is 13.0. The van der Waals surface area contributed by atoms with Gasteiger partial charge in [0.25, 0.3) is 0 Å². The standard InChI is InChI=1S/C14H19Cl2N3/c1-8(2)4-14-18-12-5-10(15)11(16)6-13(12)19(14)9(3)7-17/h5-6,8-9H,4,7,17H2,1-3H3. The number of fused-ring (bicyclic) bond motifs is 1. The molecule has 0 aliphatic rings. The summed E-state index contributed by atoms with van der Waals surface area (Å²) in [4.78, 5) is 4.69. The Bertz CT molecular complexity index is 590. The van der Waals surface area contributed by atoms with Crippen LogP contribution >= 0.6 is 23.2 Å². The second-order valence-electron chi connectivity index (χ2n) is 5.34. The first-order chi connectivity index (χ1) is 8.93. The number of halogens is 2. The van der Waals surface area contributed by atoms with Gasteiger partial charge in [-0.25, -0.2) is 4.98 Å². The fraction of sp³-hybridized carbons (Fsp3) is 0.500. The van der Waals surface area contributed by atoms with E-state index in [0.717, 1.165) is 23.3 Å². The monoisotopic (exact) mass is 299 g/mol. The third-order valence-corrected chi connectivity index (χ3v) is 3.90. The van der Waals surface area contributed by atoms with Crippen molar-refractivity contribution in [2.24, 2.45) is 11.7 Å². The van der Waals surface area contributed by atoms with E-state index in [4.69, 9.17) is 28.9 Å². The van der Waals surface area contributed by atoms with Crippen LogP contribution < -0.4 is 5.73 Å². The topological polar surface area (TPSA) is 43.8 Å². The summed E-state index contributed by atoms with van der Waals surface area (Å²) in [6.07, 6.45) is 0.911. The minimum absolute atomic E-state index is 0.191. The summed E-state index contributed by atoms with van der Waals surface area (Å²) in [5, 5.41) is 1.09. The summed E-state index contributed by atoms with van der Waals surface area (Å²) in [6, 6.07) is 3.89. The highest BCUT2D eigenvalue weighted by atomic mass is 35.5. The quantitative estimate of drug-likeness (QED) is 0.925. The molecule has 2 rings (SSSR count). The molecule has 0 bridgehead atoms. The van der Waals surface area contributed by atoms with Crippen molar-refractivity contribution in [2.75, 3.05) is 6.54 Å². The Kier molecular flexibility index (Phi) is 4.39. The summed E-state index contributed by atoms with van der Waals surface area (Å²) in [5.74, 6) is 1.58. The summed E-state index contributed by atoms with van der Waals surface area (Å²) in [7, 11) is 0. The molecule has 1 aromatic carbocycles. The second kappa shape index (κ2) is 5.70. The van der Waals surface area contributed by atoms with E-state index >= 15 is 0 Å². The Morgan fingerprint density at radius 3 is 2.42 bits per heavy atom. The largest absolute Gasteiger partial charge is 0.328 e. The van der Waals surface area contributed by atoms with Crippen molar-refractivity contribution >= 4 is 34.2 Å². The van der Waals surface area contributed by atoms with Gasteiger partial charge in [-0.3, -0.25) is 0 Å². The number of benzene rings is 1. The molecule has 3 nitrogen and oxygen atoms in total. The molecule has 0 aliphatic carbocycles. The Morgan fingerprint density at radius 1 is 1.21 bits per heavy atom. The highest BCUT2D eigenvalue weighted by molar-refractivity contribution is 6.42. The smallest absolute Gasteiger partial charge is 0.110 e. The lowest BCUT2D eigenvalue weighted by Crippen LogP contribution is -2.19. The molecule has 0 radical (unpaired) electrons. The third kappa shape index (κ3) is 2.88. The first-order valence-electron chi connectivity index (χ1n) is 6.50. The molecule has 2 aromatic rings. The molecule has 0 aliphatic heterocycles. The van der Waals surface area contributed by atoms with Gasteiger partial charge in [-0.1, -0.05) is 37.0 Å². The van der Waals surface area contributed by atoms with Gasteiger partial charge in [0.05, 0.1) is 21.1 Å². The summed E-state index contributed by atoms with van der Waals surface area (Å²) in [5.41, 5.74) is 7.70. The highest BCUT2D eigenvalue weighted by Gasteiger charge is 2.17. The van der Waals surface area contributed by atoms with Crippen LogP contribution in [-0.4, -0.2) is 16.1 Å². The molecule has 0 saturated carbocycles. The van der Waals surface area contributed by atoms with Crippen LogP contribution in [0.4, 0.5) is 0 Å². The Labute approximate surface area is 123 Å². The van der Waals surface area contributed by atoms with Crippen molar-refractivity contribution in [3.63, 3.8) is 0 Å². The molecule has 0 saturated heterocycles. The van der Waals surface area contributed by atoms with Crippen LogP contribution in [0, 0.1) is 5.92 Å². The van der Waals surface area contributed by atoms with Gasteiger partial charge in [-0.2, -0.15) is 0 Å². The number of aromatic nitrogens is 2. The fourth-order valence-electron chi connectivity index (χ4n) is 2.25. The van der Waals surface area contributed by atoms with E-state index in [1.54, 1.807) is 0 Å². The van der Waals surface area contributed by atoms with E-state index in [9.17, 15) is 0 Å². The van der Waals surface area contributed by atoms with Crippen molar-refractivity contribution in [3.05, 3.63) is 28.0 Å². The molecule has 1 atom stereocenters. The van der Waals surface area contributed by atoms with Crippen LogP contribution in [0.3, 0.4) is 0 Å². The van der Waals surface area contributed by atoms with Crippen molar-refractivity contribution in [2.45, 2.75) is 33.2 Å². The molecule has 0 fully saturated rings. The predicted octanol–water partition coefficient (Wildman–Crippen LogP) is 4.06.